The summed E-state index contributed by atoms with van der Waals surface area (Å²) < 4.78 is 11.5. The lowest BCUT2D eigenvalue weighted by atomic mass is 9.83. The zero-order chi connectivity index (χ0) is 20.5. The van der Waals surface area contributed by atoms with Crippen molar-refractivity contribution < 1.29 is 19.1 Å². The molecule has 5 rings (SSSR count). The Bertz CT molecular complexity index is 1060. The smallest absolute Gasteiger partial charge is 0.208 e. The van der Waals surface area contributed by atoms with E-state index in [1.165, 1.54) is 28.7 Å². The average molecular weight is 422 g/mol. The Morgan fingerprint density at radius 3 is 2.70 bits per heavy atom. The number of methoxy groups -OCH3 is 1. The van der Waals surface area contributed by atoms with Gasteiger partial charge in [0.1, 0.15) is 5.75 Å². The van der Waals surface area contributed by atoms with Gasteiger partial charge in [0.15, 0.2) is 5.75 Å². The van der Waals surface area contributed by atoms with Gasteiger partial charge in [-0.15, -0.1) is 0 Å². The summed E-state index contributed by atoms with van der Waals surface area (Å²) in [5, 5.41) is 9.41. The maximum atomic E-state index is 9.41. The van der Waals surface area contributed by atoms with Gasteiger partial charge in [0, 0.05) is 29.6 Å². The van der Waals surface area contributed by atoms with Gasteiger partial charge in [-0.1, -0.05) is 30.3 Å². The van der Waals surface area contributed by atoms with Crippen LogP contribution in [0.3, 0.4) is 0 Å². The van der Waals surface area contributed by atoms with Crippen molar-refractivity contribution in [2.24, 2.45) is 0 Å². The molecule has 3 aromatic rings. The highest BCUT2D eigenvalue weighted by Gasteiger charge is 2.34. The molecule has 2 aliphatic heterocycles. The Balaban J connectivity index is 1.46. The third-order valence-electron chi connectivity index (χ3n) is 5.98. The molecule has 1 unspecified atom stereocenters. The van der Waals surface area contributed by atoms with E-state index in [-0.39, 0.29) is 0 Å². The van der Waals surface area contributed by atoms with Crippen LogP contribution >= 0.6 is 12.0 Å². The Labute approximate surface area is 180 Å². The van der Waals surface area contributed by atoms with E-state index in [2.05, 4.69) is 21.9 Å². The number of hydrogen-bond acceptors (Lipinski definition) is 6. The molecule has 0 aliphatic carbocycles. The highest BCUT2D eigenvalue weighted by Crippen LogP contribution is 2.45. The van der Waals surface area contributed by atoms with Gasteiger partial charge in [-0.2, -0.15) is 0 Å². The van der Waals surface area contributed by atoms with Crippen LogP contribution in [0.2, 0.25) is 0 Å². The normalized spacial score (nSPS) is 17.5. The van der Waals surface area contributed by atoms with Crippen molar-refractivity contribution >= 4 is 12.0 Å². The van der Waals surface area contributed by atoms with Crippen LogP contribution in [0.25, 0.3) is 0 Å². The van der Waals surface area contributed by atoms with Crippen molar-refractivity contribution in [2.45, 2.75) is 30.3 Å². The predicted molar refractivity (Wildman–Crippen MR) is 116 cm³/mol. The van der Waals surface area contributed by atoms with E-state index in [0.29, 0.717) is 17.5 Å². The van der Waals surface area contributed by atoms with Crippen LogP contribution < -0.4 is 13.8 Å². The lowest BCUT2D eigenvalue weighted by molar-refractivity contribution is -0.138. The predicted octanol–water partition coefficient (Wildman–Crippen LogP) is 5.29. The number of fused-ring (bicyclic) bond motifs is 4. The monoisotopic (exact) mass is 421 g/mol. The molecule has 30 heavy (non-hydrogen) atoms. The number of rotatable bonds is 5. The maximum absolute atomic E-state index is 9.41. The Hall–Kier alpha value is -2.67. The van der Waals surface area contributed by atoms with Crippen molar-refractivity contribution in [1.29, 1.82) is 0 Å². The third kappa shape index (κ3) is 3.51. The van der Waals surface area contributed by atoms with E-state index in [1.54, 1.807) is 13.2 Å². The molecule has 0 aromatic heterocycles. The molecule has 154 valence electrons. The van der Waals surface area contributed by atoms with Crippen molar-refractivity contribution in [2.75, 3.05) is 13.7 Å². The summed E-state index contributed by atoms with van der Waals surface area (Å²) in [6.07, 6.45) is 1.89. The number of hydrogen-bond donors (Lipinski definition) is 1. The molecule has 0 fully saturated rings. The highest BCUT2D eigenvalue weighted by molar-refractivity contribution is 7.95. The Morgan fingerprint density at radius 2 is 1.90 bits per heavy atom. The van der Waals surface area contributed by atoms with Crippen molar-refractivity contribution in [1.82, 2.24) is 4.90 Å². The van der Waals surface area contributed by atoms with Crippen LogP contribution in [0.1, 0.15) is 28.3 Å². The molecule has 1 atom stereocenters. The third-order valence-corrected chi connectivity index (χ3v) is 6.69. The van der Waals surface area contributed by atoms with Crippen LogP contribution in [0.5, 0.6) is 17.2 Å². The molecule has 2 heterocycles. The highest BCUT2D eigenvalue weighted by atomic mass is 32.2. The first-order valence-electron chi connectivity index (χ1n) is 10.0. The summed E-state index contributed by atoms with van der Waals surface area (Å²) in [5.74, 6) is 1.86. The summed E-state index contributed by atoms with van der Waals surface area (Å²) >= 11 is 1.27. The summed E-state index contributed by atoms with van der Waals surface area (Å²) in [7, 11) is 1.71. The van der Waals surface area contributed by atoms with E-state index in [4.69, 9.17) is 8.92 Å². The van der Waals surface area contributed by atoms with Crippen LogP contribution in [-0.4, -0.2) is 23.8 Å². The SMILES string of the molecule is COc1ccc2c(c1)CCN1Cc3c(ccc(OO)c3OSc3ccccc3)CC21. The van der Waals surface area contributed by atoms with Gasteiger partial charge in [0.25, 0.3) is 0 Å². The zero-order valence-electron chi connectivity index (χ0n) is 16.7. The van der Waals surface area contributed by atoms with Gasteiger partial charge < -0.3 is 13.8 Å². The minimum atomic E-state index is 0.336. The molecule has 3 aromatic carbocycles. The van der Waals surface area contributed by atoms with Gasteiger partial charge in [-0.3, -0.25) is 4.90 Å². The Morgan fingerprint density at radius 1 is 1.03 bits per heavy atom. The van der Waals surface area contributed by atoms with Crippen molar-refractivity contribution in [3.05, 3.63) is 82.9 Å². The molecule has 6 heteroatoms. The topological polar surface area (TPSA) is 51.2 Å². The lowest BCUT2D eigenvalue weighted by Gasteiger charge is -2.41. The lowest BCUT2D eigenvalue weighted by Crippen LogP contribution is -2.39. The number of nitrogens with zero attached hydrogens (tertiary/aromatic N) is 1. The molecule has 0 amide bonds. The van der Waals surface area contributed by atoms with Gasteiger partial charge in [-0.05, 0) is 59.9 Å². The summed E-state index contributed by atoms with van der Waals surface area (Å²) in [6.45, 7) is 1.73. The van der Waals surface area contributed by atoms with Crippen LogP contribution in [0.15, 0.2) is 65.6 Å². The molecule has 0 radical (unpaired) electrons. The van der Waals surface area contributed by atoms with Gasteiger partial charge in [0.2, 0.25) is 5.75 Å². The fourth-order valence-electron chi connectivity index (χ4n) is 4.45. The fourth-order valence-corrected chi connectivity index (χ4v) is 5.08. The van der Waals surface area contributed by atoms with Crippen LogP contribution in [0, 0.1) is 0 Å². The largest absolute Gasteiger partial charge is 0.497 e. The molecule has 5 nitrogen and oxygen atoms in total. The molecule has 0 saturated carbocycles. The second-order valence-corrected chi connectivity index (χ2v) is 8.41. The molecular weight excluding hydrogens is 398 g/mol. The average Bonchev–Trinajstić information content (AvgIpc) is 2.81. The molecule has 0 spiro atoms. The van der Waals surface area contributed by atoms with Crippen LogP contribution in [-0.2, 0) is 19.4 Å². The quantitative estimate of drug-likeness (QED) is 0.343. The number of benzene rings is 3. The zero-order valence-corrected chi connectivity index (χ0v) is 17.5. The van der Waals surface area contributed by atoms with Crippen molar-refractivity contribution in [3.8, 4) is 17.2 Å². The van der Waals surface area contributed by atoms with E-state index < -0.39 is 0 Å². The van der Waals surface area contributed by atoms with E-state index >= 15 is 0 Å². The van der Waals surface area contributed by atoms with Gasteiger partial charge >= 0.3 is 0 Å². The molecular formula is C24H23NO4S. The van der Waals surface area contributed by atoms with E-state index in [9.17, 15) is 5.26 Å². The molecule has 2 aliphatic rings. The first-order chi connectivity index (χ1) is 14.8. The minimum absolute atomic E-state index is 0.336. The van der Waals surface area contributed by atoms with Crippen molar-refractivity contribution in [3.63, 3.8) is 0 Å². The molecule has 0 bridgehead atoms. The summed E-state index contributed by atoms with van der Waals surface area (Å²) in [6, 6.07) is 20.5. The molecule has 0 saturated heterocycles. The molecule has 1 N–H and O–H groups in total. The maximum Gasteiger partial charge on any atom is 0.208 e. The fraction of sp³-hybridized carbons (Fsp3) is 0.250. The second kappa shape index (κ2) is 8.22. The van der Waals surface area contributed by atoms with Gasteiger partial charge in [0.05, 0.1) is 19.2 Å². The van der Waals surface area contributed by atoms with Crippen LogP contribution in [0.4, 0.5) is 0 Å². The first kappa shape index (κ1) is 19.3. The number of ether oxygens (including phenoxy) is 1. The first-order valence-corrected chi connectivity index (χ1v) is 10.8. The van der Waals surface area contributed by atoms with E-state index in [0.717, 1.165) is 42.1 Å². The van der Waals surface area contributed by atoms with Gasteiger partial charge in [-0.25, -0.2) is 5.26 Å². The summed E-state index contributed by atoms with van der Waals surface area (Å²) in [4.78, 5) is 8.13. The Kier molecular flexibility index (Phi) is 5.29. The standard InChI is InChI=1S/C24H23NO4S/c1-27-18-8-9-20-17(13-18)11-12-25-15-21-16(14-22(20)25)7-10-23(28-26)24(21)29-30-19-5-3-2-4-6-19/h2-10,13,22,26H,11-12,14-15H2,1H3. The second-order valence-electron chi connectivity index (χ2n) is 7.61. The summed E-state index contributed by atoms with van der Waals surface area (Å²) in [5.41, 5.74) is 5.05. The van der Waals surface area contributed by atoms with E-state index in [1.807, 2.05) is 42.5 Å². The minimum Gasteiger partial charge on any atom is -0.497 e.